The average Bonchev–Trinajstić information content (AvgIpc) is 2.95. The number of hydrogen-bond acceptors (Lipinski definition) is 6. The number of nitrogens with zero attached hydrogens (tertiary/aromatic N) is 4. The van der Waals surface area contributed by atoms with Crippen molar-refractivity contribution in [3.05, 3.63) is 17.3 Å². The summed E-state index contributed by atoms with van der Waals surface area (Å²) in [5, 5.41) is 6.50. The van der Waals surface area contributed by atoms with Gasteiger partial charge in [-0.25, -0.2) is 9.78 Å². The van der Waals surface area contributed by atoms with Crippen LogP contribution in [0.15, 0.2) is 9.41 Å². The molecule has 2 N–H and O–H groups in total. The Bertz CT molecular complexity index is 652. The summed E-state index contributed by atoms with van der Waals surface area (Å²) in [5.74, 6) is 2.20. The van der Waals surface area contributed by atoms with E-state index in [0.717, 1.165) is 37.6 Å². The average molecular weight is 395 g/mol. The van der Waals surface area contributed by atoms with Crippen LogP contribution in [0.2, 0.25) is 0 Å². The number of aromatic nitrogens is 1. The third kappa shape index (κ3) is 7.03. The number of carbonyl (C=O) groups excluding carboxylic acids is 1. The molecule has 158 valence electrons. The van der Waals surface area contributed by atoms with Crippen LogP contribution in [-0.2, 0) is 11.3 Å². The van der Waals surface area contributed by atoms with E-state index in [9.17, 15) is 4.79 Å². The molecule has 0 atom stereocenters. The number of oxazole rings is 1. The molecule has 1 amide bonds. The van der Waals surface area contributed by atoms with Crippen LogP contribution in [0.5, 0.6) is 0 Å². The van der Waals surface area contributed by atoms with Crippen LogP contribution in [-0.4, -0.2) is 78.8 Å². The zero-order valence-electron chi connectivity index (χ0n) is 18.0. The summed E-state index contributed by atoms with van der Waals surface area (Å²) < 4.78 is 11.0. The highest BCUT2D eigenvalue weighted by Crippen LogP contribution is 2.11. The Hall–Kier alpha value is -2.29. The van der Waals surface area contributed by atoms with Crippen molar-refractivity contribution in [3.63, 3.8) is 0 Å². The second kappa shape index (κ2) is 9.77. The van der Waals surface area contributed by atoms with Gasteiger partial charge in [-0.1, -0.05) is 0 Å². The summed E-state index contributed by atoms with van der Waals surface area (Å²) in [6.45, 7) is 14.7. The number of aliphatic imine (C=N–C) groups is 1. The van der Waals surface area contributed by atoms with Crippen LogP contribution in [0.1, 0.15) is 38.1 Å². The first kappa shape index (κ1) is 22.0. The van der Waals surface area contributed by atoms with Crippen LogP contribution < -0.4 is 10.6 Å². The Morgan fingerprint density at radius 1 is 1.21 bits per heavy atom. The lowest BCUT2D eigenvalue weighted by molar-refractivity contribution is 0.0147. The molecule has 9 nitrogen and oxygen atoms in total. The first-order valence-electron chi connectivity index (χ1n) is 9.75. The third-order valence-electron chi connectivity index (χ3n) is 4.45. The lowest BCUT2D eigenvalue weighted by atomic mass is 10.2. The molecule has 2 rings (SSSR count). The summed E-state index contributed by atoms with van der Waals surface area (Å²) in [6, 6.07) is 0. The minimum Gasteiger partial charge on any atom is -0.444 e. The number of carbonyl (C=O) groups is 1. The molecule has 9 heteroatoms. The van der Waals surface area contributed by atoms with E-state index in [2.05, 4.69) is 25.5 Å². The van der Waals surface area contributed by atoms with Crippen molar-refractivity contribution in [1.29, 1.82) is 0 Å². The van der Waals surface area contributed by atoms with Crippen molar-refractivity contribution in [2.45, 2.75) is 46.8 Å². The van der Waals surface area contributed by atoms with E-state index in [4.69, 9.17) is 9.15 Å². The van der Waals surface area contributed by atoms with E-state index in [0.29, 0.717) is 31.5 Å². The SMILES string of the molecule is CN=C(NCCN1CCN(C(=O)OC(C)(C)C)CC1)NCc1nc(C)c(C)o1. The molecule has 1 aromatic heterocycles. The Morgan fingerprint density at radius 2 is 1.89 bits per heavy atom. The standard InChI is InChI=1S/C19H34N6O3/c1-14-15(2)27-16(23-14)13-22-17(20-6)21-7-8-24-9-11-25(12-10-24)18(26)28-19(3,4)5/h7-13H2,1-6H3,(H2,20,21,22). The minimum absolute atomic E-state index is 0.230. The Kier molecular flexibility index (Phi) is 7.68. The van der Waals surface area contributed by atoms with E-state index in [-0.39, 0.29) is 6.09 Å². The molecule has 0 unspecified atom stereocenters. The quantitative estimate of drug-likeness (QED) is 0.577. The molecule has 0 bridgehead atoms. The van der Waals surface area contributed by atoms with Crippen molar-refractivity contribution in [1.82, 2.24) is 25.4 Å². The Labute approximate surface area is 167 Å². The number of aryl methyl sites for hydroxylation is 2. The first-order valence-corrected chi connectivity index (χ1v) is 9.75. The second-order valence-electron chi connectivity index (χ2n) is 7.91. The molecule has 0 saturated carbocycles. The van der Waals surface area contributed by atoms with Crippen molar-refractivity contribution in [2.75, 3.05) is 46.3 Å². The van der Waals surface area contributed by atoms with Crippen LogP contribution in [0.4, 0.5) is 4.79 Å². The van der Waals surface area contributed by atoms with Gasteiger partial charge in [0.25, 0.3) is 0 Å². The van der Waals surface area contributed by atoms with Gasteiger partial charge in [0.05, 0.1) is 12.2 Å². The van der Waals surface area contributed by atoms with Crippen molar-refractivity contribution in [2.24, 2.45) is 4.99 Å². The number of nitrogens with one attached hydrogen (secondary N) is 2. The van der Waals surface area contributed by atoms with Gasteiger partial charge in [0.2, 0.25) is 5.89 Å². The fourth-order valence-corrected chi connectivity index (χ4v) is 2.81. The van der Waals surface area contributed by atoms with E-state index < -0.39 is 5.60 Å². The molecule has 1 aromatic rings. The lowest BCUT2D eigenvalue weighted by Crippen LogP contribution is -2.51. The predicted molar refractivity (Wildman–Crippen MR) is 108 cm³/mol. The fourth-order valence-electron chi connectivity index (χ4n) is 2.81. The van der Waals surface area contributed by atoms with Crippen LogP contribution in [0, 0.1) is 13.8 Å². The van der Waals surface area contributed by atoms with Gasteiger partial charge >= 0.3 is 6.09 Å². The van der Waals surface area contributed by atoms with Crippen LogP contribution in [0.25, 0.3) is 0 Å². The smallest absolute Gasteiger partial charge is 0.410 e. The first-order chi connectivity index (χ1) is 13.2. The molecule has 2 heterocycles. The fraction of sp³-hybridized carbons (Fsp3) is 0.737. The van der Waals surface area contributed by atoms with Gasteiger partial charge in [-0.05, 0) is 34.6 Å². The van der Waals surface area contributed by atoms with Gasteiger partial charge in [-0.3, -0.25) is 9.89 Å². The number of hydrogen-bond donors (Lipinski definition) is 2. The lowest BCUT2D eigenvalue weighted by Gasteiger charge is -2.35. The van der Waals surface area contributed by atoms with Crippen LogP contribution in [0.3, 0.4) is 0 Å². The molecule has 1 aliphatic heterocycles. The van der Waals surface area contributed by atoms with E-state index in [1.807, 2.05) is 34.6 Å². The maximum atomic E-state index is 12.1. The number of guanidine groups is 1. The van der Waals surface area contributed by atoms with Gasteiger partial charge < -0.3 is 24.7 Å². The highest BCUT2D eigenvalue weighted by molar-refractivity contribution is 5.79. The molecule has 0 aliphatic carbocycles. The maximum Gasteiger partial charge on any atom is 0.410 e. The molecular formula is C19H34N6O3. The molecule has 1 aliphatic rings. The number of rotatable bonds is 5. The van der Waals surface area contributed by atoms with E-state index in [1.165, 1.54) is 0 Å². The normalized spacial score (nSPS) is 16.2. The number of ether oxygens (including phenoxy) is 1. The molecule has 28 heavy (non-hydrogen) atoms. The Balaban J connectivity index is 1.65. The summed E-state index contributed by atoms with van der Waals surface area (Å²) >= 11 is 0. The Morgan fingerprint density at radius 3 is 2.43 bits per heavy atom. The molecule has 0 spiro atoms. The summed E-state index contributed by atoms with van der Waals surface area (Å²) in [4.78, 5) is 24.8. The van der Waals surface area contributed by atoms with Gasteiger partial charge in [0, 0.05) is 46.3 Å². The maximum absolute atomic E-state index is 12.1. The summed E-state index contributed by atoms with van der Waals surface area (Å²) in [7, 11) is 1.74. The van der Waals surface area contributed by atoms with Crippen molar-refractivity contribution < 1.29 is 13.9 Å². The van der Waals surface area contributed by atoms with Gasteiger partial charge in [-0.15, -0.1) is 0 Å². The van der Waals surface area contributed by atoms with Crippen molar-refractivity contribution >= 4 is 12.1 Å². The molecule has 0 aromatic carbocycles. The zero-order chi connectivity index (χ0) is 20.7. The van der Waals surface area contributed by atoms with Crippen molar-refractivity contribution in [3.8, 4) is 0 Å². The second-order valence-corrected chi connectivity index (χ2v) is 7.91. The van der Waals surface area contributed by atoms with E-state index >= 15 is 0 Å². The summed E-state index contributed by atoms with van der Waals surface area (Å²) in [6.07, 6.45) is -0.230. The third-order valence-corrected chi connectivity index (χ3v) is 4.45. The molecule has 1 fully saturated rings. The predicted octanol–water partition coefficient (Wildman–Crippen LogP) is 1.51. The number of piperazine rings is 1. The number of amides is 1. The van der Waals surface area contributed by atoms with Gasteiger partial charge in [-0.2, -0.15) is 0 Å². The zero-order valence-corrected chi connectivity index (χ0v) is 18.0. The summed E-state index contributed by atoms with van der Waals surface area (Å²) in [5.41, 5.74) is 0.453. The van der Waals surface area contributed by atoms with E-state index in [1.54, 1.807) is 11.9 Å². The molecule has 1 saturated heterocycles. The van der Waals surface area contributed by atoms with Gasteiger partial charge in [0.1, 0.15) is 11.4 Å². The molecular weight excluding hydrogens is 360 g/mol. The topological polar surface area (TPSA) is 95.2 Å². The monoisotopic (exact) mass is 394 g/mol. The largest absolute Gasteiger partial charge is 0.444 e. The molecule has 0 radical (unpaired) electrons. The minimum atomic E-state index is -0.455. The highest BCUT2D eigenvalue weighted by Gasteiger charge is 2.25. The van der Waals surface area contributed by atoms with Crippen LogP contribution >= 0.6 is 0 Å². The highest BCUT2D eigenvalue weighted by atomic mass is 16.6. The van der Waals surface area contributed by atoms with Gasteiger partial charge in [0.15, 0.2) is 5.96 Å².